The molecular formula is C19H18ClN3O2. The van der Waals surface area contributed by atoms with Gasteiger partial charge in [-0.1, -0.05) is 17.7 Å². The van der Waals surface area contributed by atoms with E-state index in [1.165, 1.54) is 0 Å². The van der Waals surface area contributed by atoms with Crippen molar-refractivity contribution in [3.8, 4) is 17.0 Å². The van der Waals surface area contributed by atoms with E-state index in [2.05, 4.69) is 15.5 Å². The first-order chi connectivity index (χ1) is 12.1. The molecule has 0 aliphatic heterocycles. The molecule has 5 nitrogen and oxygen atoms in total. The second-order valence-electron chi connectivity index (χ2n) is 5.54. The summed E-state index contributed by atoms with van der Waals surface area (Å²) in [6, 6.07) is 14.6. The first kappa shape index (κ1) is 17.0. The summed E-state index contributed by atoms with van der Waals surface area (Å²) in [5.74, 6) is 0.534. The van der Waals surface area contributed by atoms with Crippen molar-refractivity contribution in [3.05, 3.63) is 64.8 Å². The molecule has 0 aliphatic carbocycles. The minimum absolute atomic E-state index is 0.268. The number of nitrogens with one attached hydrogen (secondary N) is 2. The Balaban J connectivity index is 1.76. The average molecular weight is 356 g/mol. The van der Waals surface area contributed by atoms with E-state index in [0.29, 0.717) is 28.7 Å². The average Bonchev–Trinajstić information content (AvgIpc) is 3.09. The zero-order valence-electron chi connectivity index (χ0n) is 14.0. The molecule has 0 fully saturated rings. The number of carbonyl (C=O) groups excluding carboxylic acids is 1. The fourth-order valence-corrected chi connectivity index (χ4v) is 2.57. The molecule has 2 aromatic carbocycles. The molecule has 128 valence electrons. The smallest absolute Gasteiger partial charge is 0.273 e. The minimum Gasteiger partial charge on any atom is -0.494 e. The lowest BCUT2D eigenvalue weighted by Crippen LogP contribution is -2.13. The predicted octanol–water partition coefficient (Wildman–Crippen LogP) is 4.69. The molecule has 0 aliphatic rings. The predicted molar refractivity (Wildman–Crippen MR) is 99.3 cm³/mol. The van der Waals surface area contributed by atoms with Crippen molar-refractivity contribution >= 4 is 23.2 Å². The van der Waals surface area contributed by atoms with Crippen LogP contribution >= 0.6 is 11.6 Å². The highest BCUT2D eigenvalue weighted by atomic mass is 35.5. The van der Waals surface area contributed by atoms with Crippen molar-refractivity contribution in [3.63, 3.8) is 0 Å². The third-order valence-electron chi connectivity index (χ3n) is 3.73. The van der Waals surface area contributed by atoms with Crippen molar-refractivity contribution in [2.24, 2.45) is 0 Å². The largest absolute Gasteiger partial charge is 0.494 e. The molecule has 1 amide bonds. The number of aromatic nitrogens is 2. The Morgan fingerprint density at radius 3 is 2.68 bits per heavy atom. The SMILES string of the molecule is CCOc1ccc(-c2cc(C(=O)Nc3cc(Cl)ccc3C)[nH]n2)cc1. The number of carbonyl (C=O) groups is 1. The van der Waals surface area contributed by atoms with Crippen LogP contribution in [0, 0.1) is 6.92 Å². The molecule has 0 saturated heterocycles. The summed E-state index contributed by atoms with van der Waals surface area (Å²) < 4.78 is 5.42. The van der Waals surface area contributed by atoms with Gasteiger partial charge in [0, 0.05) is 16.3 Å². The van der Waals surface area contributed by atoms with Gasteiger partial charge in [0.2, 0.25) is 0 Å². The molecule has 0 bridgehead atoms. The number of H-pyrrole nitrogens is 1. The quantitative estimate of drug-likeness (QED) is 0.697. The molecular weight excluding hydrogens is 338 g/mol. The van der Waals surface area contributed by atoms with Gasteiger partial charge in [-0.2, -0.15) is 5.10 Å². The van der Waals surface area contributed by atoms with Crippen molar-refractivity contribution in [2.45, 2.75) is 13.8 Å². The molecule has 1 aromatic heterocycles. The fourth-order valence-electron chi connectivity index (χ4n) is 2.39. The summed E-state index contributed by atoms with van der Waals surface area (Å²) in [4.78, 5) is 12.4. The van der Waals surface area contributed by atoms with Gasteiger partial charge in [0.1, 0.15) is 11.4 Å². The van der Waals surface area contributed by atoms with Crippen LogP contribution in [0.5, 0.6) is 5.75 Å². The molecule has 0 saturated carbocycles. The number of ether oxygens (including phenoxy) is 1. The lowest BCUT2D eigenvalue weighted by Gasteiger charge is -2.07. The minimum atomic E-state index is -0.268. The van der Waals surface area contributed by atoms with E-state index in [9.17, 15) is 4.79 Å². The van der Waals surface area contributed by atoms with Gasteiger partial charge in [0.15, 0.2) is 0 Å². The number of aryl methyl sites for hydroxylation is 1. The number of aromatic amines is 1. The van der Waals surface area contributed by atoms with E-state index in [-0.39, 0.29) is 5.91 Å². The summed E-state index contributed by atoms with van der Waals surface area (Å²) in [6.07, 6.45) is 0. The van der Waals surface area contributed by atoms with Crippen LogP contribution in [0.4, 0.5) is 5.69 Å². The number of rotatable bonds is 5. The molecule has 0 radical (unpaired) electrons. The maximum absolute atomic E-state index is 12.4. The monoisotopic (exact) mass is 355 g/mol. The Hall–Kier alpha value is -2.79. The van der Waals surface area contributed by atoms with Gasteiger partial charge >= 0.3 is 0 Å². The number of hydrogen-bond donors (Lipinski definition) is 2. The van der Waals surface area contributed by atoms with E-state index in [4.69, 9.17) is 16.3 Å². The Morgan fingerprint density at radius 2 is 1.96 bits per heavy atom. The summed E-state index contributed by atoms with van der Waals surface area (Å²) in [6.45, 7) is 4.47. The van der Waals surface area contributed by atoms with Gasteiger partial charge < -0.3 is 10.1 Å². The number of amides is 1. The third-order valence-corrected chi connectivity index (χ3v) is 3.97. The number of halogens is 1. The van der Waals surface area contributed by atoms with E-state index in [0.717, 1.165) is 16.9 Å². The molecule has 25 heavy (non-hydrogen) atoms. The Kier molecular flexibility index (Phi) is 5.05. The van der Waals surface area contributed by atoms with Crippen LogP contribution in [0.25, 0.3) is 11.3 Å². The van der Waals surface area contributed by atoms with Crippen LogP contribution in [0.1, 0.15) is 23.0 Å². The van der Waals surface area contributed by atoms with E-state index in [1.54, 1.807) is 18.2 Å². The number of nitrogens with zero attached hydrogens (tertiary/aromatic N) is 1. The van der Waals surface area contributed by atoms with E-state index in [1.807, 2.05) is 44.2 Å². The van der Waals surface area contributed by atoms with Crippen LogP contribution in [-0.2, 0) is 0 Å². The standard InChI is InChI=1S/C19H18ClN3O2/c1-3-25-15-8-5-13(6-9-15)17-11-18(23-22-17)19(24)21-16-10-14(20)7-4-12(16)2/h4-11H,3H2,1-2H3,(H,21,24)(H,22,23). The molecule has 6 heteroatoms. The van der Waals surface area contributed by atoms with Gasteiger partial charge in [-0.3, -0.25) is 9.89 Å². The van der Waals surface area contributed by atoms with E-state index < -0.39 is 0 Å². The molecule has 2 N–H and O–H groups in total. The van der Waals surface area contributed by atoms with Crippen molar-refractivity contribution in [1.82, 2.24) is 10.2 Å². The van der Waals surface area contributed by atoms with Gasteiger partial charge in [0.25, 0.3) is 5.91 Å². The Labute approximate surface area is 151 Å². The highest BCUT2D eigenvalue weighted by molar-refractivity contribution is 6.31. The van der Waals surface area contributed by atoms with Gasteiger partial charge in [-0.15, -0.1) is 0 Å². The highest BCUT2D eigenvalue weighted by Gasteiger charge is 2.12. The van der Waals surface area contributed by atoms with Crippen LogP contribution in [0.3, 0.4) is 0 Å². The normalized spacial score (nSPS) is 10.5. The maximum Gasteiger partial charge on any atom is 0.273 e. The zero-order valence-corrected chi connectivity index (χ0v) is 14.7. The topological polar surface area (TPSA) is 67.0 Å². The summed E-state index contributed by atoms with van der Waals surface area (Å²) in [5, 5.41) is 10.4. The second-order valence-corrected chi connectivity index (χ2v) is 5.97. The second kappa shape index (κ2) is 7.40. The number of anilines is 1. The third kappa shape index (κ3) is 4.00. The van der Waals surface area contributed by atoms with Gasteiger partial charge in [-0.05, 0) is 61.9 Å². The molecule has 0 unspecified atom stereocenters. The van der Waals surface area contributed by atoms with Crippen molar-refractivity contribution < 1.29 is 9.53 Å². The molecule has 3 rings (SSSR count). The molecule has 0 spiro atoms. The van der Waals surface area contributed by atoms with Crippen molar-refractivity contribution in [2.75, 3.05) is 11.9 Å². The van der Waals surface area contributed by atoms with Crippen LogP contribution in [0.15, 0.2) is 48.5 Å². The Bertz CT molecular complexity index is 888. The van der Waals surface area contributed by atoms with E-state index >= 15 is 0 Å². The molecule has 1 heterocycles. The first-order valence-corrected chi connectivity index (χ1v) is 8.30. The van der Waals surface area contributed by atoms with Crippen LogP contribution in [0.2, 0.25) is 5.02 Å². The highest BCUT2D eigenvalue weighted by Crippen LogP contribution is 2.23. The van der Waals surface area contributed by atoms with Crippen LogP contribution in [-0.4, -0.2) is 22.7 Å². The zero-order chi connectivity index (χ0) is 17.8. The van der Waals surface area contributed by atoms with Gasteiger partial charge in [-0.25, -0.2) is 0 Å². The summed E-state index contributed by atoms with van der Waals surface area (Å²) in [7, 11) is 0. The molecule has 3 aromatic rings. The summed E-state index contributed by atoms with van der Waals surface area (Å²) >= 11 is 5.98. The van der Waals surface area contributed by atoms with Crippen LogP contribution < -0.4 is 10.1 Å². The number of hydrogen-bond acceptors (Lipinski definition) is 3. The number of benzene rings is 2. The Morgan fingerprint density at radius 1 is 1.20 bits per heavy atom. The molecule has 0 atom stereocenters. The lowest BCUT2D eigenvalue weighted by atomic mass is 10.1. The first-order valence-electron chi connectivity index (χ1n) is 7.93. The van der Waals surface area contributed by atoms with Gasteiger partial charge in [0.05, 0.1) is 12.3 Å². The lowest BCUT2D eigenvalue weighted by molar-refractivity contribution is 0.102. The maximum atomic E-state index is 12.4. The van der Waals surface area contributed by atoms with Crippen molar-refractivity contribution in [1.29, 1.82) is 0 Å². The summed E-state index contributed by atoms with van der Waals surface area (Å²) in [5.41, 5.74) is 3.58. The fraction of sp³-hybridized carbons (Fsp3) is 0.158.